The van der Waals surface area contributed by atoms with Gasteiger partial charge < -0.3 is 4.57 Å². The van der Waals surface area contributed by atoms with Gasteiger partial charge in [0, 0.05) is 24.4 Å². The van der Waals surface area contributed by atoms with Gasteiger partial charge in [-0.05, 0) is 16.9 Å². The summed E-state index contributed by atoms with van der Waals surface area (Å²) in [4.78, 5) is 12.7. The fourth-order valence-corrected chi connectivity index (χ4v) is 3.32. The van der Waals surface area contributed by atoms with E-state index in [2.05, 4.69) is 9.24 Å². The molecule has 0 N–H and O–H groups in total. The summed E-state index contributed by atoms with van der Waals surface area (Å²) in [7, 11) is 9.74. The van der Waals surface area contributed by atoms with E-state index in [1.165, 1.54) is 29.8 Å². The van der Waals surface area contributed by atoms with Gasteiger partial charge in [0.05, 0.1) is 11.1 Å². The van der Waals surface area contributed by atoms with Crippen molar-refractivity contribution in [1.82, 2.24) is 4.57 Å². The summed E-state index contributed by atoms with van der Waals surface area (Å²) in [5, 5.41) is 0.618. The number of hydrogen-bond donors (Lipinski definition) is 0. The fourth-order valence-electron chi connectivity index (χ4n) is 3.02. The SMILES string of the molecule is [B]c1cccc(Cc2c(C(F)(F)F)c3ccccc3n(C)c2=O)c1P. The maximum absolute atomic E-state index is 13.8. The van der Waals surface area contributed by atoms with E-state index < -0.39 is 17.3 Å². The Morgan fingerprint density at radius 3 is 2.48 bits per heavy atom. The average molecular weight is 359 g/mol. The Kier molecular flexibility index (Phi) is 4.50. The molecule has 126 valence electrons. The van der Waals surface area contributed by atoms with Crippen LogP contribution in [0, 0.1) is 0 Å². The molecule has 1 heterocycles. The Hall–Kier alpha value is -2.07. The molecule has 3 aromatic rings. The quantitative estimate of drug-likeness (QED) is 0.509. The molecule has 0 spiro atoms. The summed E-state index contributed by atoms with van der Waals surface area (Å²) >= 11 is 0. The Balaban J connectivity index is 2.36. The Morgan fingerprint density at radius 1 is 1.12 bits per heavy atom. The topological polar surface area (TPSA) is 22.0 Å². The third kappa shape index (κ3) is 3.11. The fraction of sp³-hybridized carbons (Fsp3) is 0.167. The van der Waals surface area contributed by atoms with Gasteiger partial charge in [-0.3, -0.25) is 4.79 Å². The van der Waals surface area contributed by atoms with Gasteiger partial charge in [0.2, 0.25) is 0 Å². The third-order valence-electron chi connectivity index (χ3n) is 4.28. The second-order valence-electron chi connectivity index (χ2n) is 5.83. The van der Waals surface area contributed by atoms with Crippen LogP contribution in [0.2, 0.25) is 0 Å². The van der Waals surface area contributed by atoms with Crippen molar-refractivity contribution in [2.24, 2.45) is 7.05 Å². The number of nitrogens with zero attached hydrogens (tertiary/aromatic N) is 1. The summed E-state index contributed by atoms with van der Waals surface area (Å²) in [6.07, 6.45) is -4.78. The summed E-state index contributed by atoms with van der Waals surface area (Å²) in [6.45, 7) is 0. The van der Waals surface area contributed by atoms with E-state index in [1.54, 1.807) is 24.3 Å². The van der Waals surface area contributed by atoms with Crippen LogP contribution in [0.25, 0.3) is 10.9 Å². The zero-order valence-electron chi connectivity index (χ0n) is 13.4. The van der Waals surface area contributed by atoms with Gasteiger partial charge >= 0.3 is 6.18 Å². The van der Waals surface area contributed by atoms with E-state index in [0.717, 1.165) is 0 Å². The Morgan fingerprint density at radius 2 is 1.80 bits per heavy atom. The molecule has 1 atom stereocenters. The summed E-state index contributed by atoms with van der Waals surface area (Å²) in [6, 6.07) is 11.0. The molecule has 1 unspecified atom stereocenters. The van der Waals surface area contributed by atoms with E-state index >= 15 is 0 Å². The van der Waals surface area contributed by atoms with Gasteiger partial charge in [-0.1, -0.05) is 41.9 Å². The van der Waals surface area contributed by atoms with Gasteiger partial charge in [0.1, 0.15) is 7.85 Å². The lowest BCUT2D eigenvalue weighted by Crippen LogP contribution is -2.29. The molecule has 0 bridgehead atoms. The number of benzene rings is 2. The number of hydrogen-bond acceptors (Lipinski definition) is 1. The van der Waals surface area contributed by atoms with Crippen molar-refractivity contribution in [1.29, 1.82) is 0 Å². The molecule has 0 saturated heterocycles. The van der Waals surface area contributed by atoms with Crippen molar-refractivity contribution in [2.75, 3.05) is 0 Å². The predicted octanol–water partition coefficient (Wildman–Crippen LogP) is 2.44. The van der Waals surface area contributed by atoms with E-state index in [4.69, 9.17) is 7.85 Å². The minimum absolute atomic E-state index is 0.0151. The van der Waals surface area contributed by atoms with Crippen molar-refractivity contribution in [3.8, 4) is 0 Å². The molecule has 0 aliphatic rings. The molecule has 0 saturated carbocycles. The predicted molar refractivity (Wildman–Crippen MR) is 98.2 cm³/mol. The van der Waals surface area contributed by atoms with E-state index in [-0.39, 0.29) is 22.9 Å². The molecule has 2 radical (unpaired) electrons. The maximum atomic E-state index is 13.8. The zero-order chi connectivity index (χ0) is 18.4. The number of fused-ring (bicyclic) bond motifs is 1. The molecule has 2 nitrogen and oxygen atoms in total. The molecule has 0 amide bonds. The normalized spacial score (nSPS) is 11.9. The second-order valence-corrected chi connectivity index (χ2v) is 6.41. The first kappa shape index (κ1) is 17.7. The highest BCUT2D eigenvalue weighted by molar-refractivity contribution is 7.28. The first-order valence-electron chi connectivity index (χ1n) is 7.52. The van der Waals surface area contributed by atoms with Crippen LogP contribution in [0.5, 0.6) is 0 Å². The molecule has 3 rings (SSSR count). The number of pyridine rings is 1. The van der Waals surface area contributed by atoms with Crippen LogP contribution in [-0.2, 0) is 19.6 Å². The summed E-state index contributed by atoms with van der Waals surface area (Å²) < 4.78 is 42.6. The molecular formula is C18H14BF3NOP. The molecule has 7 heteroatoms. The average Bonchev–Trinajstić information content (AvgIpc) is 2.55. The number of alkyl halides is 3. The lowest BCUT2D eigenvalue weighted by Gasteiger charge is -2.18. The first-order valence-corrected chi connectivity index (χ1v) is 8.10. The number of rotatable bonds is 2. The van der Waals surface area contributed by atoms with Crippen LogP contribution in [-0.4, -0.2) is 12.4 Å². The number of aromatic nitrogens is 1. The number of halogens is 3. The monoisotopic (exact) mass is 359 g/mol. The summed E-state index contributed by atoms with van der Waals surface area (Å²) in [5.74, 6) is 0. The molecular weight excluding hydrogens is 345 g/mol. The van der Waals surface area contributed by atoms with E-state index in [0.29, 0.717) is 16.3 Å². The molecule has 0 fully saturated rings. The van der Waals surface area contributed by atoms with Crippen LogP contribution in [0.15, 0.2) is 47.3 Å². The van der Waals surface area contributed by atoms with Gasteiger partial charge in [-0.25, -0.2) is 0 Å². The van der Waals surface area contributed by atoms with Crippen LogP contribution in [0.3, 0.4) is 0 Å². The minimum atomic E-state index is -4.64. The van der Waals surface area contributed by atoms with E-state index in [1.807, 2.05) is 0 Å². The largest absolute Gasteiger partial charge is 0.417 e. The van der Waals surface area contributed by atoms with Crippen LogP contribution >= 0.6 is 9.24 Å². The Bertz CT molecular complexity index is 1030. The van der Waals surface area contributed by atoms with Crippen LogP contribution in [0.4, 0.5) is 13.2 Å². The third-order valence-corrected chi connectivity index (χ3v) is 4.98. The lowest BCUT2D eigenvalue weighted by molar-refractivity contribution is -0.137. The van der Waals surface area contributed by atoms with Crippen LogP contribution < -0.4 is 16.3 Å². The molecule has 25 heavy (non-hydrogen) atoms. The molecule has 2 aromatic carbocycles. The minimum Gasteiger partial charge on any atom is -0.311 e. The molecule has 0 aliphatic carbocycles. The zero-order valence-corrected chi connectivity index (χ0v) is 14.5. The smallest absolute Gasteiger partial charge is 0.311 e. The van der Waals surface area contributed by atoms with Crippen LogP contribution in [0.1, 0.15) is 16.7 Å². The van der Waals surface area contributed by atoms with Crippen molar-refractivity contribution in [2.45, 2.75) is 12.6 Å². The van der Waals surface area contributed by atoms with Crippen molar-refractivity contribution in [3.05, 3.63) is 69.5 Å². The first-order chi connectivity index (χ1) is 11.7. The van der Waals surface area contributed by atoms with Crippen molar-refractivity contribution in [3.63, 3.8) is 0 Å². The standard InChI is InChI=1S/C18H14BF3NOP/c1-23-14-8-3-2-6-11(14)15(18(20,21)22)12(17(23)24)9-10-5-4-7-13(19)16(10)25/h2-8H,9,25H2,1H3. The van der Waals surface area contributed by atoms with Gasteiger partial charge in [-0.2, -0.15) is 13.2 Å². The van der Waals surface area contributed by atoms with E-state index in [9.17, 15) is 18.0 Å². The molecule has 1 aromatic heterocycles. The number of aryl methyl sites for hydroxylation is 1. The van der Waals surface area contributed by atoms with Gasteiger partial charge in [0.25, 0.3) is 5.56 Å². The highest BCUT2D eigenvalue weighted by Crippen LogP contribution is 2.36. The van der Waals surface area contributed by atoms with Gasteiger partial charge in [-0.15, -0.1) is 9.24 Å². The van der Waals surface area contributed by atoms with Gasteiger partial charge in [0.15, 0.2) is 0 Å². The highest BCUT2D eigenvalue weighted by atomic mass is 31.0. The maximum Gasteiger partial charge on any atom is 0.417 e. The number of para-hydroxylation sites is 1. The van der Waals surface area contributed by atoms with Crippen molar-refractivity contribution >= 4 is 38.8 Å². The second kappa shape index (κ2) is 6.34. The van der Waals surface area contributed by atoms with Crippen molar-refractivity contribution < 1.29 is 13.2 Å². The lowest BCUT2D eigenvalue weighted by atomic mass is 9.91. The summed E-state index contributed by atoms with van der Waals surface area (Å²) in [5.41, 5.74) is -0.530. The highest BCUT2D eigenvalue weighted by Gasteiger charge is 2.37. The molecule has 0 aliphatic heterocycles. The Labute approximate surface area is 146 Å².